The van der Waals surface area contributed by atoms with Gasteiger partial charge in [-0.1, -0.05) is 88.4 Å². The molecule has 2 heterocycles. The van der Waals surface area contributed by atoms with Gasteiger partial charge in [0.15, 0.2) is 5.78 Å². The lowest BCUT2D eigenvalue weighted by Crippen LogP contribution is -2.59. The minimum absolute atomic E-state index is 0.00139. The van der Waals surface area contributed by atoms with E-state index in [-0.39, 0.29) is 50.0 Å². The van der Waals surface area contributed by atoms with Crippen molar-refractivity contribution in [1.29, 1.82) is 0 Å². The molecule has 284 valence electrons. The minimum Gasteiger partial charge on any atom is -0.379 e. The molecule has 4 amide bonds. The predicted octanol–water partition coefficient (Wildman–Crippen LogP) is 2.58. The summed E-state index contributed by atoms with van der Waals surface area (Å²) in [5.74, 6) is -3.58. The van der Waals surface area contributed by atoms with Crippen LogP contribution in [0.15, 0.2) is 60.7 Å². The van der Waals surface area contributed by atoms with Crippen LogP contribution in [0.5, 0.6) is 0 Å². The van der Waals surface area contributed by atoms with Crippen LogP contribution < -0.4 is 21.3 Å². The molecule has 2 aliphatic heterocycles. The molecular weight excluding hydrogens is 662 g/mol. The molecule has 12 heteroatoms. The third-order valence-corrected chi connectivity index (χ3v) is 8.94. The molecule has 2 aromatic rings. The Balaban J connectivity index is 1.55. The summed E-state index contributed by atoms with van der Waals surface area (Å²) in [7, 11) is 0. The van der Waals surface area contributed by atoms with Gasteiger partial charge in [0.25, 0.3) is 0 Å². The van der Waals surface area contributed by atoms with Gasteiger partial charge >= 0.3 is 0 Å². The first-order valence-corrected chi connectivity index (χ1v) is 18.3. The molecule has 2 aromatic carbocycles. The van der Waals surface area contributed by atoms with Crippen LogP contribution >= 0.6 is 0 Å². The summed E-state index contributed by atoms with van der Waals surface area (Å²) in [6.45, 7) is 8.61. The fourth-order valence-electron chi connectivity index (χ4n) is 6.04. The summed E-state index contributed by atoms with van der Waals surface area (Å²) < 4.78 is 35.5. The SMILES string of the molecule is [2H]C1([2H])O[C@@]1(C)C(=O)[C@@]([2H])(CC(C)C)NC(=O)[C@H](Cc1ccccc1)NC(=O)[C@H](CC(C)C)NC(=O)[C@H](CCc1ccccc1)NC(=O)CN1CCOCC1. The molecular formula is C40H57N5O7. The van der Waals surface area contributed by atoms with E-state index in [0.717, 1.165) is 5.56 Å². The van der Waals surface area contributed by atoms with Gasteiger partial charge in [0.1, 0.15) is 23.7 Å². The number of nitrogens with zero attached hydrogens (tertiary/aromatic N) is 1. The molecule has 0 aromatic heterocycles. The van der Waals surface area contributed by atoms with Crippen molar-refractivity contribution in [2.75, 3.05) is 39.4 Å². The molecule has 52 heavy (non-hydrogen) atoms. The Morgan fingerprint density at radius 3 is 1.88 bits per heavy atom. The normalized spacial score (nSPS) is 22.0. The first-order valence-electron chi connectivity index (χ1n) is 19.8. The second-order valence-electron chi connectivity index (χ2n) is 14.6. The Kier molecular flexibility index (Phi) is 13.7. The van der Waals surface area contributed by atoms with Crippen molar-refractivity contribution in [3.8, 4) is 0 Å². The number of amides is 4. The number of carbonyl (C=O) groups is 5. The van der Waals surface area contributed by atoms with E-state index in [9.17, 15) is 24.0 Å². The van der Waals surface area contributed by atoms with Gasteiger partial charge < -0.3 is 30.7 Å². The lowest BCUT2D eigenvalue weighted by Gasteiger charge is -2.29. The minimum atomic E-state index is -2.29. The van der Waals surface area contributed by atoms with Gasteiger partial charge in [-0.15, -0.1) is 0 Å². The highest BCUT2D eigenvalue weighted by atomic mass is 16.6. The van der Waals surface area contributed by atoms with Crippen molar-refractivity contribution in [2.24, 2.45) is 11.8 Å². The zero-order chi connectivity index (χ0) is 40.4. The summed E-state index contributed by atoms with van der Waals surface area (Å²) in [6, 6.07) is 12.9. The number of benzene rings is 2. The van der Waals surface area contributed by atoms with Gasteiger partial charge in [0.05, 0.1) is 36.4 Å². The average Bonchev–Trinajstić information content (AvgIpc) is 3.66. The smallest absolute Gasteiger partial charge is 0.243 e. The lowest BCUT2D eigenvalue weighted by atomic mass is 9.93. The highest BCUT2D eigenvalue weighted by Crippen LogP contribution is 2.29. The Labute approximate surface area is 312 Å². The fourth-order valence-corrected chi connectivity index (χ4v) is 6.04. The van der Waals surface area contributed by atoms with E-state index in [0.29, 0.717) is 38.3 Å². The van der Waals surface area contributed by atoms with Crippen LogP contribution in [0.3, 0.4) is 0 Å². The van der Waals surface area contributed by atoms with Gasteiger partial charge in [-0.2, -0.15) is 0 Å². The van der Waals surface area contributed by atoms with Crippen LogP contribution in [0.1, 0.15) is 69.1 Å². The van der Waals surface area contributed by atoms with Crippen LogP contribution in [0, 0.1) is 11.8 Å². The third-order valence-electron chi connectivity index (χ3n) is 8.94. The van der Waals surface area contributed by atoms with Gasteiger partial charge in [0.2, 0.25) is 23.6 Å². The Morgan fingerprint density at radius 1 is 0.769 bits per heavy atom. The summed E-state index contributed by atoms with van der Waals surface area (Å²) in [4.78, 5) is 71.0. The van der Waals surface area contributed by atoms with Crippen molar-refractivity contribution in [3.05, 3.63) is 71.8 Å². The van der Waals surface area contributed by atoms with Gasteiger partial charge in [-0.3, -0.25) is 28.9 Å². The topological polar surface area (TPSA) is 158 Å². The molecule has 0 radical (unpaired) electrons. The first kappa shape index (κ1) is 36.2. The molecule has 12 nitrogen and oxygen atoms in total. The highest BCUT2D eigenvalue weighted by molar-refractivity contribution is 5.98. The van der Waals surface area contributed by atoms with Crippen molar-refractivity contribution in [3.63, 3.8) is 0 Å². The molecule has 2 saturated heterocycles. The molecule has 0 saturated carbocycles. The quantitative estimate of drug-likeness (QED) is 0.152. The fraction of sp³-hybridized carbons (Fsp3) is 0.575. The van der Waals surface area contributed by atoms with Crippen LogP contribution in [0.4, 0.5) is 0 Å². The summed E-state index contributed by atoms with van der Waals surface area (Å²) in [5, 5.41) is 11.0. The Bertz CT molecular complexity index is 1630. The van der Waals surface area contributed by atoms with E-state index in [1.807, 2.05) is 49.1 Å². The molecule has 2 aliphatic rings. The van der Waals surface area contributed by atoms with Gasteiger partial charge in [0, 0.05) is 19.5 Å². The van der Waals surface area contributed by atoms with Crippen LogP contribution in [0.25, 0.3) is 0 Å². The Morgan fingerprint density at radius 2 is 1.31 bits per heavy atom. The number of nitrogens with one attached hydrogen (secondary N) is 4. The van der Waals surface area contributed by atoms with Crippen molar-refractivity contribution < 1.29 is 37.6 Å². The number of epoxide rings is 1. The highest BCUT2D eigenvalue weighted by Gasteiger charge is 2.50. The maximum absolute atomic E-state index is 14.1. The number of carbonyl (C=O) groups excluding carboxylic acids is 5. The average molecular weight is 723 g/mol. The van der Waals surface area contributed by atoms with E-state index in [2.05, 4.69) is 21.3 Å². The number of Topliss-reactive ketones (excluding diaryl/α,β-unsaturated/α-hetero) is 1. The maximum atomic E-state index is 14.1. The molecule has 0 aliphatic carbocycles. The number of aryl methyl sites for hydroxylation is 1. The van der Waals surface area contributed by atoms with Crippen LogP contribution in [0.2, 0.25) is 0 Å². The molecule has 0 bridgehead atoms. The van der Waals surface area contributed by atoms with Crippen molar-refractivity contribution in [2.45, 2.75) is 96.5 Å². The number of morpholine rings is 1. The maximum Gasteiger partial charge on any atom is 0.243 e. The first-order chi connectivity index (χ1) is 25.9. The number of hydrogen-bond donors (Lipinski definition) is 4. The Hall–Kier alpha value is -4.13. The van der Waals surface area contributed by atoms with E-state index in [1.54, 1.807) is 44.2 Å². The third kappa shape index (κ3) is 13.1. The standard InChI is InChI=1S/C40H57N5O7/c1-27(2)22-32(36(47)40(5)26-52-40)42-39(50)34(24-30-14-10-7-11-15-30)44-38(49)33(23-28(3)4)43-37(48)31(17-16-29-12-8-6-9-13-29)41-35(46)25-45-18-20-51-21-19-45/h6-15,27-28,31-34H,16-26H2,1-5H3,(H,41,46)(H,42,50)(H,43,48)(H,44,49)/t31-,32+,33-,34-,40+/m0/s1/i26D2,32D. The molecule has 2 fully saturated rings. The van der Waals surface area contributed by atoms with Crippen LogP contribution in [-0.2, 0) is 46.3 Å². The summed E-state index contributed by atoms with van der Waals surface area (Å²) >= 11 is 0. The lowest BCUT2D eigenvalue weighted by molar-refractivity contribution is -0.135. The van der Waals surface area contributed by atoms with E-state index >= 15 is 0 Å². The number of rotatable bonds is 20. The van der Waals surface area contributed by atoms with Crippen molar-refractivity contribution in [1.82, 2.24) is 26.2 Å². The molecule has 0 unspecified atom stereocenters. The zero-order valence-corrected chi connectivity index (χ0v) is 31.0. The molecule has 4 rings (SSSR count). The second-order valence-corrected chi connectivity index (χ2v) is 14.6. The molecule has 5 atom stereocenters. The molecule has 4 N–H and O–H groups in total. The van der Waals surface area contributed by atoms with E-state index in [1.165, 1.54) is 6.92 Å². The second kappa shape index (κ2) is 19.6. The van der Waals surface area contributed by atoms with Gasteiger partial charge in [-0.05, 0) is 55.6 Å². The summed E-state index contributed by atoms with van der Waals surface area (Å²) in [5.41, 5.74) is -0.249. The number of hydrogen-bond acceptors (Lipinski definition) is 8. The molecule has 0 spiro atoms. The zero-order valence-electron chi connectivity index (χ0n) is 34.0. The largest absolute Gasteiger partial charge is 0.379 e. The van der Waals surface area contributed by atoms with Gasteiger partial charge in [-0.25, -0.2) is 0 Å². The monoisotopic (exact) mass is 722 g/mol. The summed E-state index contributed by atoms with van der Waals surface area (Å²) in [6.07, 6.45) is 0.844. The van der Waals surface area contributed by atoms with Crippen molar-refractivity contribution >= 4 is 29.4 Å². The van der Waals surface area contributed by atoms with Crippen LogP contribution in [-0.4, -0.2) is 103 Å². The predicted molar refractivity (Wildman–Crippen MR) is 198 cm³/mol. The number of ether oxygens (including phenoxy) is 2. The van der Waals surface area contributed by atoms with E-state index < -0.39 is 59.8 Å². The number of ketones is 1. The van der Waals surface area contributed by atoms with E-state index in [4.69, 9.17) is 13.6 Å².